The van der Waals surface area contributed by atoms with Crippen molar-refractivity contribution in [3.63, 3.8) is 0 Å². The number of hydrogen-bond acceptors (Lipinski definition) is 2. The van der Waals surface area contributed by atoms with Gasteiger partial charge >= 0.3 is 5.97 Å². The van der Waals surface area contributed by atoms with Gasteiger partial charge in [-0.05, 0) is 28.1 Å². The second kappa shape index (κ2) is 4.31. The number of rotatable bonds is 1. The van der Waals surface area contributed by atoms with E-state index in [1.165, 1.54) is 13.2 Å². The molecule has 0 unspecified atom stereocenters. The first-order valence-electron chi connectivity index (χ1n) is 3.29. The number of hydrogen-bond donors (Lipinski definition) is 0. The summed E-state index contributed by atoms with van der Waals surface area (Å²) < 4.78 is 5.10. The van der Waals surface area contributed by atoms with Crippen molar-refractivity contribution in [1.82, 2.24) is 0 Å². The summed E-state index contributed by atoms with van der Waals surface area (Å²) in [6, 6.07) is 3.01. The van der Waals surface area contributed by atoms with Crippen LogP contribution in [0.25, 0.3) is 0 Å². The van der Waals surface area contributed by atoms with E-state index in [1.807, 2.05) is 0 Å². The van der Waals surface area contributed by atoms with Gasteiger partial charge in [0.05, 0.1) is 22.7 Å². The molecule has 0 aromatic heterocycles. The van der Waals surface area contributed by atoms with E-state index in [4.69, 9.17) is 23.2 Å². The lowest BCUT2D eigenvalue weighted by molar-refractivity contribution is 0.0599. The molecule has 0 atom stereocenters. The second-order valence-electron chi connectivity index (χ2n) is 2.24. The highest BCUT2D eigenvalue weighted by molar-refractivity contribution is 9.10. The average molecular weight is 284 g/mol. The van der Waals surface area contributed by atoms with Gasteiger partial charge in [-0.2, -0.15) is 0 Å². The van der Waals surface area contributed by atoms with Gasteiger partial charge in [0.2, 0.25) is 0 Å². The molecule has 5 heteroatoms. The van der Waals surface area contributed by atoms with Crippen molar-refractivity contribution in [2.24, 2.45) is 0 Å². The Bertz CT molecular complexity index is 352. The highest BCUT2D eigenvalue weighted by Crippen LogP contribution is 2.29. The topological polar surface area (TPSA) is 26.3 Å². The summed E-state index contributed by atoms with van der Waals surface area (Å²) in [7, 11) is 1.30. The predicted molar refractivity (Wildman–Crippen MR) is 55.5 cm³/mol. The van der Waals surface area contributed by atoms with Gasteiger partial charge in [-0.3, -0.25) is 0 Å². The smallest absolute Gasteiger partial charge is 0.339 e. The Balaban J connectivity index is 3.23. The van der Waals surface area contributed by atoms with Crippen LogP contribution in [0.5, 0.6) is 0 Å². The maximum atomic E-state index is 11.1. The van der Waals surface area contributed by atoms with Gasteiger partial charge < -0.3 is 4.74 Å². The summed E-state index contributed by atoms with van der Waals surface area (Å²) in [6.45, 7) is 0. The third-order valence-electron chi connectivity index (χ3n) is 1.42. The molecule has 1 aromatic rings. The Morgan fingerprint density at radius 2 is 1.92 bits per heavy atom. The first-order chi connectivity index (χ1) is 6.06. The highest BCUT2D eigenvalue weighted by Gasteiger charge is 2.12. The van der Waals surface area contributed by atoms with E-state index >= 15 is 0 Å². The van der Waals surface area contributed by atoms with Crippen molar-refractivity contribution < 1.29 is 9.53 Å². The van der Waals surface area contributed by atoms with Gasteiger partial charge in [-0.25, -0.2) is 4.79 Å². The third-order valence-corrected chi connectivity index (χ3v) is 2.79. The molecule has 0 aliphatic rings. The van der Waals surface area contributed by atoms with Crippen molar-refractivity contribution in [3.8, 4) is 0 Å². The standard InChI is InChI=1S/C8H5BrCl2O2/c1-13-8(12)4-2-6(10)7(11)3-5(4)9/h2-3H,1H3. The molecule has 70 valence electrons. The molecule has 0 radical (unpaired) electrons. The Kier molecular flexibility index (Phi) is 3.59. The van der Waals surface area contributed by atoms with Crippen LogP contribution in [-0.2, 0) is 4.74 Å². The van der Waals surface area contributed by atoms with Gasteiger partial charge in [-0.15, -0.1) is 0 Å². The van der Waals surface area contributed by atoms with E-state index in [1.54, 1.807) is 6.07 Å². The van der Waals surface area contributed by atoms with Gasteiger partial charge in [-0.1, -0.05) is 23.2 Å². The predicted octanol–water partition coefficient (Wildman–Crippen LogP) is 3.54. The molecule has 2 nitrogen and oxygen atoms in total. The Morgan fingerprint density at radius 3 is 2.46 bits per heavy atom. The number of benzene rings is 1. The van der Waals surface area contributed by atoms with E-state index < -0.39 is 5.97 Å². The summed E-state index contributed by atoms with van der Waals surface area (Å²) >= 11 is 14.6. The number of ether oxygens (including phenoxy) is 1. The normalized spacial score (nSPS) is 9.85. The maximum Gasteiger partial charge on any atom is 0.339 e. The van der Waals surface area contributed by atoms with E-state index in [9.17, 15) is 4.79 Å². The van der Waals surface area contributed by atoms with Crippen LogP contribution < -0.4 is 0 Å². The lowest BCUT2D eigenvalue weighted by Crippen LogP contribution is -2.02. The SMILES string of the molecule is COC(=O)c1cc(Cl)c(Cl)cc1Br. The summed E-state index contributed by atoms with van der Waals surface area (Å²) in [5.74, 6) is -0.453. The largest absolute Gasteiger partial charge is 0.465 e. The van der Waals surface area contributed by atoms with E-state index in [2.05, 4.69) is 20.7 Å². The van der Waals surface area contributed by atoms with Gasteiger partial charge in [0.25, 0.3) is 0 Å². The van der Waals surface area contributed by atoms with Crippen LogP contribution in [0, 0.1) is 0 Å². The molecule has 0 saturated carbocycles. The average Bonchev–Trinajstić information content (AvgIpc) is 2.10. The van der Waals surface area contributed by atoms with Crippen LogP contribution in [0.4, 0.5) is 0 Å². The third kappa shape index (κ3) is 2.36. The minimum atomic E-state index is -0.453. The van der Waals surface area contributed by atoms with Crippen molar-refractivity contribution >= 4 is 45.1 Å². The van der Waals surface area contributed by atoms with Crippen molar-refractivity contribution in [2.45, 2.75) is 0 Å². The van der Waals surface area contributed by atoms with Gasteiger partial charge in [0.15, 0.2) is 0 Å². The van der Waals surface area contributed by atoms with E-state index in [-0.39, 0.29) is 0 Å². The summed E-state index contributed by atoms with van der Waals surface area (Å²) in [5, 5.41) is 0.714. The van der Waals surface area contributed by atoms with Crippen molar-refractivity contribution in [1.29, 1.82) is 0 Å². The Morgan fingerprint density at radius 1 is 1.38 bits per heavy atom. The minimum absolute atomic E-state index is 0.324. The fourth-order valence-electron chi connectivity index (χ4n) is 0.789. The molecule has 0 N–H and O–H groups in total. The maximum absolute atomic E-state index is 11.1. The molecule has 0 bridgehead atoms. The van der Waals surface area contributed by atoms with E-state index in [0.29, 0.717) is 20.1 Å². The van der Waals surface area contributed by atoms with E-state index in [0.717, 1.165) is 0 Å². The quantitative estimate of drug-likeness (QED) is 0.582. The summed E-state index contributed by atoms with van der Waals surface area (Å²) in [6.07, 6.45) is 0. The monoisotopic (exact) mass is 282 g/mol. The molecule has 0 saturated heterocycles. The molecular formula is C8H5BrCl2O2. The van der Waals surface area contributed by atoms with Crippen LogP contribution >= 0.6 is 39.1 Å². The highest BCUT2D eigenvalue weighted by atomic mass is 79.9. The zero-order valence-corrected chi connectivity index (χ0v) is 9.70. The van der Waals surface area contributed by atoms with Gasteiger partial charge in [0, 0.05) is 4.47 Å². The first-order valence-corrected chi connectivity index (χ1v) is 4.84. The number of carbonyl (C=O) groups excluding carboxylic acids is 1. The number of halogens is 3. The molecule has 1 aromatic carbocycles. The molecular weight excluding hydrogens is 279 g/mol. The molecule has 0 heterocycles. The molecule has 0 amide bonds. The van der Waals surface area contributed by atoms with Crippen LogP contribution in [0.1, 0.15) is 10.4 Å². The van der Waals surface area contributed by atoms with Crippen molar-refractivity contribution in [2.75, 3.05) is 7.11 Å². The fraction of sp³-hybridized carbons (Fsp3) is 0.125. The summed E-state index contributed by atoms with van der Waals surface area (Å²) in [5.41, 5.74) is 0.358. The molecule has 0 aliphatic carbocycles. The minimum Gasteiger partial charge on any atom is -0.465 e. The van der Waals surface area contributed by atoms with Crippen LogP contribution in [-0.4, -0.2) is 13.1 Å². The zero-order valence-electron chi connectivity index (χ0n) is 6.61. The van der Waals surface area contributed by atoms with Crippen LogP contribution in [0.15, 0.2) is 16.6 Å². The van der Waals surface area contributed by atoms with Crippen molar-refractivity contribution in [3.05, 3.63) is 32.2 Å². The molecule has 0 fully saturated rings. The van der Waals surface area contributed by atoms with Gasteiger partial charge in [0.1, 0.15) is 0 Å². The second-order valence-corrected chi connectivity index (χ2v) is 3.91. The Labute approximate surface area is 93.9 Å². The lowest BCUT2D eigenvalue weighted by Gasteiger charge is -2.03. The fourth-order valence-corrected chi connectivity index (χ4v) is 1.75. The molecule has 0 spiro atoms. The number of carbonyl (C=O) groups is 1. The number of methoxy groups -OCH3 is 1. The lowest BCUT2D eigenvalue weighted by atomic mass is 10.2. The number of esters is 1. The van der Waals surface area contributed by atoms with Crippen LogP contribution in [0.3, 0.4) is 0 Å². The van der Waals surface area contributed by atoms with Crippen LogP contribution in [0.2, 0.25) is 10.0 Å². The molecule has 13 heavy (non-hydrogen) atoms. The first kappa shape index (κ1) is 10.8. The summed E-state index contributed by atoms with van der Waals surface area (Å²) in [4.78, 5) is 11.1. The molecule has 0 aliphatic heterocycles. The molecule has 1 rings (SSSR count). The zero-order chi connectivity index (χ0) is 10.0. The Hall–Kier alpha value is -0.250.